The Labute approximate surface area is 182 Å². The van der Waals surface area contributed by atoms with Crippen LogP contribution in [0, 0.1) is 0 Å². The van der Waals surface area contributed by atoms with Gasteiger partial charge < -0.3 is 15.5 Å². The number of anilines is 1. The van der Waals surface area contributed by atoms with Crippen molar-refractivity contribution in [3.05, 3.63) is 59.7 Å². The minimum absolute atomic E-state index is 0.105. The van der Waals surface area contributed by atoms with Gasteiger partial charge in [0.2, 0.25) is 11.8 Å². The van der Waals surface area contributed by atoms with Crippen LogP contribution in [0.5, 0.6) is 0 Å². The van der Waals surface area contributed by atoms with Crippen molar-refractivity contribution in [1.82, 2.24) is 15.1 Å². The molecule has 1 saturated heterocycles. The summed E-state index contributed by atoms with van der Waals surface area (Å²) in [6.07, 6.45) is 0.172. The fraction of sp³-hybridized carbons (Fsp3) is 0.391. The summed E-state index contributed by atoms with van der Waals surface area (Å²) in [5, 5.41) is 5.47. The second-order valence-corrected chi connectivity index (χ2v) is 9.22. The molecule has 0 bridgehead atoms. The van der Waals surface area contributed by atoms with Gasteiger partial charge in [0.15, 0.2) is 0 Å². The Balaban J connectivity index is 1.27. The average molecular weight is 425 g/mol. The van der Waals surface area contributed by atoms with E-state index in [2.05, 4.69) is 39.6 Å². The Morgan fingerprint density at radius 1 is 1.10 bits per heavy atom. The maximum absolute atomic E-state index is 12.5. The van der Waals surface area contributed by atoms with Gasteiger partial charge in [-0.15, -0.1) is 11.8 Å². The summed E-state index contributed by atoms with van der Waals surface area (Å²) in [5.41, 5.74) is 3.17. The molecule has 0 radical (unpaired) electrons. The molecule has 0 spiro atoms. The molecule has 0 saturated carbocycles. The van der Waals surface area contributed by atoms with E-state index in [-0.39, 0.29) is 18.2 Å². The summed E-state index contributed by atoms with van der Waals surface area (Å²) in [7, 11) is 2.16. The number of rotatable bonds is 6. The first-order valence-electron chi connectivity index (χ1n) is 10.4. The molecule has 2 heterocycles. The van der Waals surface area contributed by atoms with E-state index in [0.29, 0.717) is 6.54 Å². The van der Waals surface area contributed by atoms with Crippen molar-refractivity contribution in [3.63, 3.8) is 0 Å². The monoisotopic (exact) mass is 424 g/mol. The second kappa shape index (κ2) is 9.64. The van der Waals surface area contributed by atoms with Crippen LogP contribution in [-0.4, -0.2) is 60.1 Å². The van der Waals surface area contributed by atoms with Gasteiger partial charge in [0.25, 0.3) is 0 Å². The Morgan fingerprint density at radius 2 is 1.87 bits per heavy atom. The Morgan fingerprint density at radius 3 is 2.70 bits per heavy atom. The maximum Gasteiger partial charge on any atom is 0.238 e. The van der Waals surface area contributed by atoms with E-state index in [9.17, 15) is 9.59 Å². The highest BCUT2D eigenvalue weighted by atomic mass is 32.2. The van der Waals surface area contributed by atoms with Crippen LogP contribution in [0.3, 0.4) is 0 Å². The zero-order valence-electron chi connectivity index (χ0n) is 17.3. The van der Waals surface area contributed by atoms with Crippen LogP contribution in [0.2, 0.25) is 0 Å². The van der Waals surface area contributed by atoms with E-state index < -0.39 is 5.25 Å². The Kier molecular flexibility index (Phi) is 6.72. The number of hydrogen-bond donors (Lipinski definition) is 2. The van der Waals surface area contributed by atoms with Crippen molar-refractivity contribution in [2.24, 2.45) is 0 Å². The van der Waals surface area contributed by atoms with Crippen LogP contribution in [0.15, 0.2) is 53.4 Å². The summed E-state index contributed by atoms with van der Waals surface area (Å²) in [5.74, 6) is -0.213. The summed E-state index contributed by atoms with van der Waals surface area (Å²) in [6, 6.07) is 16.1. The first-order chi connectivity index (χ1) is 14.6. The van der Waals surface area contributed by atoms with Crippen molar-refractivity contribution in [2.45, 2.75) is 29.7 Å². The summed E-state index contributed by atoms with van der Waals surface area (Å²) in [4.78, 5) is 30.6. The number of carbonyl (C=O) groups is 2. The number of para-hydroxylation sites is 1. The van der Waals surface area contributed by atoms with Gasteiger partial charge in [-0.2, -0.15) is 0 Å². The fourth-order valence-corrected chi connectivity index (χ4v) is 4.88. The number of amides is 2. The van der Waals surface area contributed by atoms with E-state index in [4.69, 9.17) is 0 Å². The zero-order valence-corrected chi connectivity index (χ0v) is 18.1. The topological polar surface area (TPSA) is 64.7 Å². The van der Waals surface area contributed by atoms with Crippen molar-refractivity contribution >= 4 is 29.3 Å². The molecule has 0 aromatic heterocycles. The second-order valence-electron chi connectivity index (χ2n) is 7.97. The smallest absolute Gasteiger partial charge is 0.238 e. The van der Waals surface area contributed by atoms with Gasteiger partial charge in [-0.3, -0.25) is 14.5 Å². The molecule has 1 atom stereocenters. The minimum atomic E-state index is -0.400. The third-order valence-electron chi connectivity index (χ3n) is 5.56. The fourth-order valence-electron chi connectivity index (χ4n) is 3.77. The highest BCUT2D eigenvalue weighted by molar-refractivity contribution is 8.01. The molecule has 158 valence electrons. The van der Waals surface area contributed by atoms with Crippen LogP contribution < -0.4 is 10.6 Å². The zero-order chi connectivity index (χ0) is 20.9. The number of likely N-dealkylation sites (N-methyl/N-ethyl adjacent to an activating group) is 1. The first kappa shape index (κ1) is 20.9. The third-order valence-corrected chi connectivity index (χ3v) is 6.84. The van der Waals surface area contributed by atoms with Gasteiger partial charge in [0.1, 0.15) is 0 Å². The van der Waals surface area contributed by atoms with Crippen molar-refractivity contribution < 1.29 is 9.59 Å². The van der Waals surface area contributed by atoms with Crippen LogP contribution in [-0.2, 0) is 22.7 Å². The summed E-state index contributed by atoms with van der Waals surface area (Å²) >= 11 is 1.46. The number of nitrogens with one attached hydrogen (secondary N) is 2. The first-order valence-corrected chi connectivity index (χ1v) is 11.3. The van der Waals surface area contributed by atoms with E-state index in [1.54, 1.807) is 0 Å². The number of piperazine rings is 1. The van der Waals surface area contributed by atoms with Crippen molar-refractivity contribution in [3.8, 4) is 0 Å². The molecule has 6 nitrogen and oxygen atoms in total. The Hall–Kier alpha value is -2.35. The highest BCUT2D eigenvalue weighted by Gasteiger charge is 2.28. The third kappa shape index (κ3) is 5.41. The lowest BCUT2D eigenvalue weighted by molar-refractivity contribution is -0.124. The quantitative estimate of drug-likeness (QED) is 0.746. The number of thioether (sulfide) groups is 1. The van der Waals surface area contributed by atoms with Gasteiger partial charge in [-0.1, -0.05) is 36.4 Å². The van der Waals surface area contributed by atoms with Crippen LogP contribution in [0.25, 0.3) is 0 Å². The lowest BCUT2D eigenvalue weighted by atomic mass is 10.1. The molecule has 1 fully saturated rings. The standard InChI is InChI=1S/C23H28N4O2S/c1-26-9-11-27(12-10-26)16-18-6-4-5-17(13-18)15-24-22(28)14-21-23(29)25-19-7-2-3-8-20(19)30-21/h2-8,13,21H,9-12,14-16H2,1H3,(H,24,28)(H,25,29). The van der Waals surface area contributed by atoms with E-state index in [1.807, 2.05) is 36.4 Å². The largest absolute Gasteiger partial charge is 0.352 e. The van der Waals surface area contributed by atoms with Gasteiger partial charge in [0, 0.05) is 50.6 Å². The Bertz CT molecular complexity index is 912. The molecule has 0 aliphatic carbocycles. The molecule has 7 heteroatoms. The van der Waals surface area contributed by atoms with Crippen LogP contribution >= 0.6 is 11.8 Å². The van der Waals surface area contributed by atoms with Gasteiger partial charge in [-0.05, 0) is 30.3 Å². The number of benzene rings is 2. The highest BCUT2D eigenvalue weighted by Crippen LogP contribution is 2.36. The molecule has 30 heavy (non-hydrogen) atoms. The molecule has 2 N–H and O–H groups in total. The molecule has 2 aromatic carbocycles. The summed E-state index contributed by atoms with van der Waals surface area (Å²) in [6.45, 7) is 5.79. The molecule has 2 aliphatic rings. The molecule has 2 amide bonds. The molecular formula is C23H28N4O2S. The van der Waals surface area contributed by atoms with Crippen molar-refractivity contribution in [1.29, 1.82) is 0 Å². The lowest BCUT2D eigenvalue weighted by Crippen LogP contribution is -2.43. The maximum atomic E-state index is 12.5. The number of fused-ring (bicyclic) bond motifs is 1. The predicted molar refractivity (Wildman–Crippen MR) is 120 cm³/mol. The van der Waals surface area contributed by atoms with Gasteiger partial charge in [0.05, 0.1) is 10.9 Å². The SMILES string of the molecule is CN1CCN(Cc2cccc(CNC(=O)CC3Sc4ccccc4NC3=O)c2)CC1. The van der Waals surface area contributed by atoms with E-state index >= 15 is 0 Å². The van der Waals surface area contributed by atoms with Crippen molar-refractivity contribution in [2.75, 3.05) is 38.5 Å². The molecule has 1 unspecified atom stereocenters. The van der Waals surface area contributed by atoms with Crippen LogP contribution in [0.1, 0.15) is 17.5 Å². The molecular weight excluding hydrogens is 396 g/mol. The minimum Gasteiger partial charge on any atom is -0.352 e. The number of nitrogens with zero attached hydrogens (tertiary/aromatic N) is 2. The van der Waals surface area contributed by atoms with Gasteiger partial charge in [-0.25, -0.2) is 0 Å². The molecule has 4 rings (SSSR count). The predicted octanol–water partition coefficient (Wildman–Crippen LogP) is 2.55. The van der Waals surface area contributed by atoms with Crippen LogP contribution in [0.4, 0.5) is 5.69 Å². The van der Waals surface area contributed by atoms with Gasteiger partial charge >= 0.3 is 0 Å². The average Bonchev–Trinajstić information content (AvgIpc) is 2.75. The number of carbonyl (C=O) groups excluding carboxylic acids is 2. The summed E-state index contributed by atoms with van der Waals surface area (Å²) < 4.78 is 0. The van der Waals surface area contributed by atoms with E-state index in [1.165, 1.54) is 17.3 Å². The molecule has 2 aliphatic heterocycles. The van der Waals surface area contributed by atoms with E-state index in [0.717, 1.165) is 48.9 Å². The normalized spacial score (nSPS) is 19.8. The molecule has 2 aromatic rings. The number of hydrogen-bond acceptors (Lipinski definition) is 5. The lowest BCUT2D eigenvalue weighted by Gasteiger charge is -2.32.